The number of methoxy groups -OCH3 is 1. The summed E-state index contributed by atoms with van der Waals surface area (Å²) in [6.07, 6.45) is 3.62. The first-order valence-electron chi connectivity index (χ1n) is 8.01. The Hall–Kier alpha value is -3.47. The van der Waals surface area contributed by atoms with Gasteiger partial charge in [-0.15, -0.1) is 0 Å². The van der Waals surface area contributed by atoms with E-state index in [0.717, 1.165) is 44.1 Å². The summed E-state index contributed by atoms with van der Waals surface area (Å²) in [5, 5.41) is 2.11. The standard InChI is InChI=1S/C20H14N4O/c1-25-16-8-7-15-18(24-16)14-9-11-22-19(20(14)23-15)13-6-2-4-12-5-3-10-21-17(12)13/h2-11,23H,1H3. The number of rotatable bonds is 2. The van der Waals surface area contributed by atoms with Crippen LogP contribution in [0.3, 0.4) is 0 Å². The lowest BCUT2D eigenvalue weighted by atomic mass is 10.0. The number of nitrogens with one attached hydrogen (secondary N) is 1. The van der Waals surface area contributed by atoms with Gasteiger partial charge in [-0.1, -0.05) is 24.3 Å². The molecule has 0 fully saturated rings. The smallest absolute Gasteiger partial charge is 0.213 e. The van der Waals surface area contributed by atoms with Gasteiger partial charge in [0.25, 0.3) is 0 Å². The van der Waals surface area contributed by atoms with E-state index in [0.29, 0.717) is 5.88 Å². The average molecular weight is 326 g/mol. The van der Waals surface area contributed by atoms with Crippen molar-refractivity contribution in [3.63, 3.8) is 0 Å². The fourth-order valence-corrected chi connectivity index (χ4v) is 3.28. The monoisotopic (exact) mass is 326 g/mol. The largest absolute Gasteiger partial charge is 0.481 e. The van der Waals surface area contributed by atoms with E-state index in [2.05, 4.69) is 38.1 Å². The molecule has 0 aliphatic heterocycles. The van der Waals surface area contributed by atoms with Crippen LogP contribution >= 0.6 is 0 Å². The minimum absolute atomic E-state index is 0.596. The molecular formula is C20H14N4O. The van der Waals surface area contributed by atoms with E-state index in [1.165, 1.54) is 0 Å². The van der Waals surface area contributed by atoms with Crippen LogP contribution in [0.25, 0.3) is 44.1 Å². The molecule has 0 spiro atoms. The summed E-state index contributed by atoms with van der Waals surface area (Å²) in [7, 11) is 1.62. The van der Waals surface area contributed by atoms with Crippen molar-refractivity contribution in [1.29, 1.82) is 0 Å². The lowest BCUT2D eigenvalue weighted by molar-refractivity contribution is 0.399. The Morgan fingerprint density at radius 2 is 1.80 bits per heavy atom. The van der Waals surface area contributed by atoms with Crippen molar-refractivity contribution in [2.75, 3.05) is 7.11 Å². The predicted octanol–water partition coefficient (Wildman–Crippen LogP) is 4.33. The summed E-state index contributed by atoms with van der Waals surface area (Å²) in [6, 6.07) is 16.0. The zero-order valence-electron chi connectivity index (χ0n) is 13.5. The Balaban J connectivity index is 1.87. The van der Waals surface area contributed by atoms with Gasteiger partial charge >= 0.3 is 0 Å². The number of aromatic amines is 1. The van der Waals surface area contributed by atoms with Crippen molar-refractivity contribution in [3.05, 3.63) is 60.9 Å². The summed E-state index contributed by atoms with van der Waals surface area (Å²) < 4.78 is 5.26. The lowest BCUT2D eigenvalue weighted by Gasteiger charge is -2.06. The molecular weight excluding hydrogens is 312 g/mol. The van der Waals surface area contributed by atoms with Gasteiger partial charge in [0, 0.05) is 34.8 Å². The summed E-state index contributed by atoms with van der Waals surface area (Å²) in [5.41, 5.74) is 5.61. The molecule has 0 radical (unpaired) electrons. The number of nitrogens with zero attached hydrogens (tertiary/aromatic N) is 3. The highest BCUT2D eigenvalue weighted by Crippen LogP contribution is 2.34. The van der Waals surface area contributed by atoms with Gasteiger partial charge in [-0.2, -0.15) is 0 Å². The molecule has 0 unspecified atom stereocenters. The van der Waals surface area contributed by atoms with Gasteiger partial charge in [0.05, 0.1) is 34.9 Å². The third kappa shape index (κ3) is 2.06. The minimum atomic E-state index is 0.596. The molecule has 5 heteroatoms. The first-order chi connectivity index (χ1) is 12.3. The summed E-state index contributed by atoms with van der Waals surface area (Å²) in [6.45, 7) is 0. The number of ether oxygens (including phenoxy) is 1. The molecule has 1 N–H and O–H groups in total. The van der Waals surface area contributed by atoms with Gasteiger partial charge in [-0.25, -0.2) is 4.98 Å². The number of benzene rings is 1. The molecule has 0 saturated carbocycles. The van der Waals surface area contributed by atoms with E-state index in [1.807, 2.05) is 42.7 Å². The molecule has 0 atom stereocenters. The van der Waals surface area contributed by atoms with E-state index < -0.39 is 0 Å². The van der Waals surface area contributed by atoms with E-state index in [9.17, 15) is 0 Å². The van der Waals surface area contributed by atoms with Gasteiger partial charge in [-0.3, -0.25) is 9.97 Å². The molecule has 0 aliphatic rings. The van der Waals surface area contributed by atoms with Gasteiger partial charge in [0.2, 0.25) is 5.88 Å². The molecule has 25 heavy (non-hydrogen) atoms. The zero-order valence-corrected chi connectivity index (χ0v) is 13.5. The molecule has 0 saturated heterocycles. The van der Waals surface area contributed by atoms with Crippen molar-refractivity contribution >= 4 is 32.8 Å². The third-order valence-electron chi connectivity index (χ3n) is 4.43. The Bertz CT molecular complexity index is 1240. The summed E-state index contributed by atoms with van der Waals surface area (Å²) in [4.78, 5) is 17.2. The molecule has 0 bridgehead atoms. The molecule has 4 aromatic heterocycles. The van der Waals surface area contributed by atoms with Crippen molar-refractivity contribution in [2.45, 2.75) is 0 Å². The highest BCUT2D eigenvalue weighted by Gasteiger charge is 2.14. The third-order valence-corrected chi connectivity index (χ3v) is 4.43. The predicted molar refractivity (Wildman–Crippen MR) is 98.7 cm³/mol. The van der Waals surface area contributed by atoms with Crippen molar-refractivity contribution in [3.8, 4) is 17.1 Å². The normalized spacial score (nSPS) is 11.4. The number of hydrogen-bond acceptors (Lipinski definition) is 4. The maximum Gasteiger partial charge on any atom is 0.213 e. The van der Waals surface area contributed by atoms with Crippen LogP contribution in [0.1, 0.15) is 0 Å². The van der Waals surface area contributed by atoms with Gasteiger partial charge in [0.15, 0.2) is 0 Å². The maximum atomic E-state index is 5.26. The molecule has 0 amide bonds. The second-order valence-corrected chi connectivity index (χ2v) is 5.84. The first kappa shape index (κ1) is 13.9. The Morgan fingerprint density at radius 1 is 0.880 bits per heavy atom. The van der Waals surface area contributed by atoms with Crippen LogP contribution in [-0.2, 0) is 0 Å². The number of aromatic nitrogens is 4. The number of H-pyrrole nitrogens is 1. The summed E-state index contributed by atoms with van der Waals surface area (Å²) >= 11 is 0. The fourth-order valence-electron chi connectivity index (χ4n) is 3.28. The number of fused-ring (bicyclic) bond motifs is 4. The first-order valence-corrected chi connectivity index (χ1v) is 8.01. The molecule has 0 aliphatic carbocycles. The van der Waals surface area contributed by atoms with E-state index in [4.69, 9.17) is 4.74 Å². The van der Waals surface area contributed by atoms with Crippen LogP contribution in [0.5, 0.6) is 5.88 Å². The zero-order chi connectivity index (χ0) is 16.8. The number of para-hydroxylation sites is 1. The molecule has 5 aromatic rings. The van der Waals surface area contributed by atoms with Crippen LogP contribution in [-0.4, -0.2) is 27.0 Å². The topological polar surface area (TPSA) is 63.7 Å². The molecule has 4 heterocycles. The lowest BCUT2D eigenvalue weighted by Crippen LogP contribution is -1.89. The van der Waals surface area contributed by atoms with E-state index in [1.54, 1.807) is 7.11 Å². The van der Waals surface area contributed by atoms with Crippen LogP contribution in [0.4, 0.5) is 0 Å². The SMILES string of the molecule is COc1ccc2[nH]c3c(-c4cccc5cccnc45)nccc3c2n1. The molecule has 5 nitrogen and oxygen atoms in total. The number of pyridine rings is 3. The van der Waals surface area contributed by atoms with Crippen LogP contribution in [0, 0.1) is 0 Å². The molecule has 5 rings (SSSR count). The van der Waals surface area contributed by atoms with Gasteiger partial charge < -0.3 is 9.72 Å². The highest BCUT2D eigenvalue weighted by atomic mass is 16.5. The molecule has 1 aromatic carbocycles. The van der Waals surface area contributed by atoms with E-state index in [-0.39, 0.29) is 0 Å². The second-order valence-electron chi connectivity index (χ2n) is 5.84. The van der Waals surface area contributed by atoms with Crippen molar-refractivity contribution < 1.29 is 4.74 Å². The maximum absolute atomic E-state index is 5.26. The van der Waals surface area contributed by atoms with Crippen molar-refractivity contribution in [2.24, 2.45) is 0 Å². The van der Waals surface area contributed by atoms with E-state index >= 15 is 0 Å². The van der Waals surface area contributed by atoms with Crippen LogP contribution in [0.15, 0.2) is 60.9 Å². The number of hydrogen-bond donors (Lipinski definition) is 1. The highest BCUT2D eigenvalue weighted by molar-refractivity contribution is 6.11. The Labute approximate surface area is 143 Å². The Kier molecular flexibility index (Phi) is 2.94. The minimum Gasteiger partial charge on any atom is -0.481 e. The second kappa shape index (κ2) is 5.27. The van der Waals surface area contributed by atoms with Gasteiger partial charge in [-0.05, 0) is 18.2 Å². The Morgan fingerprint density at radius 3 is 2.72 bits per heavy atom. The average Bonchev–Trinajstić information content (AvgIpc) is 3.05. The summed E-state index contributed by atoms with van der Waals surface area (Å²) in [5.74, 6) is 0.596. The molecule has 120 valence electrons. The van der Waals surface area contributed by atoms with Crippen LogP contribution < -0.4 is 4.74 Å². The van der Waals surface area contributed by atoms with Gasteiger partial charge in [0.1, 0.15) is 0 Å². The fraction of sp³-hybridized carbons (Fsp3) is 0.0500. The van der Waals surface area contributed by atoms with Crippen molar-refractivity contribution in [1.82, 2.24) is 19.9 Å². The quantitative estimate of drug-likeness (QED) is 0.524. The van der Waals surface area contributed by atoms with Crippen LogP contribution in [0.2, 0.25) is 0 Å².